The standard InChI is InChI=1S/C25H21F2N3O6S/c1-14-6-9-20(28-21(14)15-4-3-5-16(12-15)22(31)30-37(2,33)34)29-23(32)24(10-11-24)17-7-8-18-19(13-17)36-25(26,27)35-18/h3-9,12-13H,10-11H2,1-2H3,(H,30,31)(H,28,29,32). The predicted molar refractivity (Wildman–Crippen MR) is 129 cm³/mol. The van der Waals surface area contributed by atoms with Gasteiger partial charge in [-0.15, -0.1) is 8.78 Å². The molecule has 1 saturated carbocycles. The molecule has 2 N–H and O–H groups in total. The van der Waals surface area contributed by atoms with Crippen LogP contribution in [0.4, 0.5) is 14.6 Å². The summed E-state index contributed by atoms with van der Waals surface area (Å²) in [7, 11) is -3.73. The first-order valence-electron chi connectivity index (χ1n) is 11.2. The molecular weight excluding hydrogens is 508 g/mol. The highest BCUT2D eigenvalue weighted by Crippen LogP contribution is 2.52. The summed E-state index contributed by atoms with van der Waals surface area (Å²) in [6.07, 6.45) is -1.82. The molecule has 0 bridgehead atoms. The van der Waals surface area contributed by atoms with Gasteiger partial charge in [-0.2, -0.15) is 0 Å². The molecule has 0 spiro atoms. The van der Waals surface area contributed by atoms with Gasteiger partial charge in [0.05, 0.1) is 17.4 Å². The maximum absolute atomic E-state index is 13.4. The summed E-state index contributed by atoms with van der Waals surface area (Å²) in [5.41, 5.74) is 1.55. The average molecular weight is 530 g/mol. The van der Waals surface area contributed by atoms with Crippen molar-refractivity contribution in [2.45, 2.75) is 31.5 Å². The molecule has 2 aliphatic rings. The van der Waals surface area contributed by atoms with Crippen molar-refractivity contribution in [2.24, 2.45) is 0 Å². The number of amides is 2. The lowest BCUT2D eigenvalue weighted by Crippen LogP contribution is -2.29. The summed E-state index contributed by atoms with van der Waals surface area (Å²) in [6, 6.07) is 14.0. The van der Waals surface area contributed by atoms with E-state index in [1.165, 1.54) is 24.3 Å². The van der Waals surface area contributed by atoms with Gasteiger partial charge in [0.1, 0.15) is 5.82 Å². The van der Waals surface area contributed by atoms with Gasteiger partial charge in [0.2, 0.25) is 15.9 Å². The lowest BCUT2D eigenvalue weighted by Gasteiger charge is -2.17. The van der Waals surface area contributed by atoms with Gasteiger partial charge in [-0.3, -0.25) is 9.59 Å². The normalized spacial score (nSPS) is 16.6. The summed E-state index contributed by atoms with van der Waals surface area (Å²) in [6.45, 7) is 1.81. The molecule has 0 unspecified atom stereocenters. The molecule has 2 heterocycles. The van der Waals surface area contributed by atoms with Gasteiger partial charge < -0.3 is 14.8 Å². The third kappa shape index (κ3) is 4.96. The Balaban J connectivity index is 1.38. The smallest absolute Gasteiger partial charge is 0.395 e. The fourth-order valence-electron chi connectivity index (χ4n) is 4.18. The van der Waals surface area contributed by atoms with E-state index >= 15 is 0 Å². The van der Waals surface area contributed by atoms with Gasteiger partial charge in [-0.25, -0.2) is 18.1 Å². The Morgan fingerprint density at radius 1 is 1.00 bits per heavy atom. The van der Waals surface area contributed by atoms with Crippen molar-refractivity contribution in [1.29, 1.82) is 0 Å². The number of sulfonamides is 1. The number of carbonyl (C=O) groups excluding carboxylic acids is 2. The molecule has 1 aliphatic heterocycles. The topological polar surface area (TPSA) is 124 Å². The summed E-state index contributed by atoms with van der Waals surface area (Å²) >= 11 is 0. The van der Waals surface area contributed by atoms with Crippen LogP contribution >= 0.6 is 0 Å². The Kier molecular flexibility index (Phi) is 5.66. The number of anilines is 1. The second kappa shape index (κ2) is 8.51. The fourth-order valence-corrected chi connectivity index (χ4v) is 4.63. The van der Waals surface area contributed by atoms with Crippen LogP contribution in [0.15, 0.2) is 54.6 Å². The van der Waals surface area contributed by atoms with Gasteiger partial charge in [0, 0.05) is 11.1 Å². The first kappa shape index (κ1) is 24.6. The number of carbonyl (C=O) groups is 2. The van der Waals surface area contributed by atoms with E-state index < -0.39 is 27.6 Å². The largest absolute Gasteiger partial charge is 0.586 e. The predicted octanol–water partition coefficient (Wildman–Crippen LogP) is 3.74. The number of rotatable bonds is 6. The van der Waals surface area contributed by atoms with Gasteiger partial charge in [0.25, 0.3) is 5.91 Å². The Morgan fingerprint density at radius 3 is 2.43 bits per heavy atom. The Bertz CT molecular complexity index is 1550. The molecular formula is C25H21F2N3O6S. The first-order chi connectivity index (χ1) is 17.4. The number of hydrogen-bond acceptors (Lipinski definition) is 7. The van der Waals surface area contributed by atoms with E-state index in [9.17, 15) is 26.8 Å². The van der Waals surface area contributed by atoms with Crippen molar-refractivity contribution in [1.82, 2.24) is 9.71 Å². The molecule has 1 aromatic heterocycles. The van der Waals surface area contributed by atoms with Crippen LogP contribution in [0.1, 0.15) is 34.3 Å². The van der Waals surface area contributed by atoms with Crippen molar-refractivity contribution < 1.29 is 36.3 Å². The molecule has 37 heavy (non-hydrogen) atoms. The van der Waals surface area contributed by atoms with Crippen molar-refractivity contribution in [3.8, 4) is 22.8 Å². The molecule has 2 amide bonds. The third-order valence-corrected chi connectivity index (χ3v) is 6.71. The molecule has 192 valence electrons. The number of alkyl halides is 2. The molecule has 2 aromatic carbocycles. The summed E-state index contributed by atoms with van der Waals surface area (Å²) in [5.74, 6) is -1.08. The number of nitrogens with zero attached hydrogens (tertiary/aromatic N) is 1. The summed E-state index contributed by atoms with van der Waals surface area (Å²) in [4.78, 5) is 30.1. The van der Waals surface area contributed by atoms with E-state index in [1.54, 1.807) is 30.3 Å². The minimum Gasteiger partial charge on any atom is -0.395 e. The van der Waals surface area contributed by atoms with E-state index in [1.807, 2.05) is 11.6 Å². The molecule has 0 radical (unpaired) electrons. The zero-order valence-electron chi connectivity index (χ0n) is 19.7. The van der Waals surface area contributed by atoms with Crippen LogP contribution in [0, 0.1) is 6.92 Å². The quantitative estimate of drug-likeness (QED) is 0.499. The van der Waals surface area contributed by atoms with E-state index in [0.717, 1.165) is 11.8 Å². The van der Waals surface area contributed by atoms with Crippen LogP contribution in [-0.2, 0) is 20.2 Å². The second-order valence-electron chi connectivity index (χ2n) is 9.01. The molecule has 0 atom stereocenters. The van der Waals surface area contributed by atoms with Crippen LogP contribution in [0.25, 0.3) is 11.3 Å². The monoisotopic (exact) mass is 529 g/mol. The Labute approximate surface area is 210 Å². The highest BCUT2D eigenvalue weighted by atomic mass is 32.2. The molecule has 9 nitrogen and oxygen atoms in total. The average Bonchev–Trinajstić information content (AvgIpc) is 3.56. The van der Waals surface area contributed by atoms with E-state index in [-0.39, 0.29) is 28.8 Å². The Morgan fingerprint density at radius 2 is 1.73 bits per heavy atom. The van der Waals surface area contributed by atoms with Gasteiger partial charge in [-0.1, -0.05) is 24.3 Å². The molecule has 0 saturated heterocycles. The second-order valence-corrected chi connectivity index (χ2v) is 10.8. The number of hydrogen-bond donors (Lipinski definition) is 2. The maximum Gasteiger partial charge on any atom is 0.586 e. The first-order valence-corrected chi connectivity index (χ1v) is 13.1. The van der Waals surface area contributed by atoms with Crippen LogP contribution in [0.2, 0.25) is 0 Å². The highest BCUT2D eigenvalue weighted by molar-refractivity contribution is 7.89. The van der Waals surface area contributed by atoms with Gasteiger partial charge in [0.15, 0.2) is 11.5 Å². The van der Waals surface area contributed by atoms with E-state index in [4.69, 9.17) is 0 Å². The van der Waals surface area contributed by atoms with Crippen LogP contribution < -0.4 is 19.5 Å². The lowest BCUT2D eigenvalue weighted by atomic mass is 9.94. The molecule has 1 fully saturated rings. The van der Waals surface area contributed by atoms with Crippen molar-refractivity contribution in [3.05, 3.63) is 71.3 Å². The zero-order valence-corrected chi connectivity index (χ0v) is 20.5. The number of benzene rings is 2. The fraction of sp³-hybridized carbons (Fsp3) is 0.240. The maximum atomic E-state index is 13.4. The molecule has 1 aliphatic carbocycles. The van der Waals surface area contributed by atoms with Gasteiger partial charge >= 0.3 is 6.29 Å². The Hall–Kier alpha value is -4.06. The number of pyridine rings is 1. The van der Waals surface area contributed by atoms with Crippen molar-refractivity contribution in [2.75, 3.05) is 11.6 Å². The minimum atomic E-state index is -3.75. The van der Waals surface area contributed by atoms with Crippen LogP contribution in [-0.4, -0.2) is 37.8 Å². The number of ether oxygens (including phenoxy) is 2. The molecule has 12 heteroatoms. The van der Waals surface area contributed by atoms with Crippen molar-refractivity contribution in [3.63, 3.8) is 0 Å². The molecule has 5 rings (SSSR count). The highest BCUT2D eigenvalue weighted by Gasteiger charge is 2.53. The number of aryl methyl sites for hydroxylation is 1. The SMILES string of the molecule is Cc1ccc(NC(=O)C2(c3ccc4c(c3)OC(F)(F)O4)CC2)nc1-c1cccc(C(=O)NS(C)(=O)=O)c1. The van der Waals surface area contributed by atoms with Gasteiger partial charge in [-0.05, 0) is 61.2 Å². The third-order valence-electron chi connectivity index (χ3n) is 6.15. The van der Waals surface area contributed by atoms with Crippen LogP contribution in [0.3, 0.4) is 0 Å². The molecule has 3 aromatic rings. The van der Waals surface area contributed by atoms with E-state index in [0.29, 0.717) is 29.7 Å². The number of nitrogens with one attached hydrogen (secondary N) is 2. The summed E-state index contributed by atoms with van der Waals surface area (Å²) < 4.78 is 60.5. The number of fused-ring (bicyclic) bond motifs is 1. The van der Waals surface area contributed by atoms with Crippen molar-refractivity contribution >= 4 is 27.7 Å². The number of halogens is 2. The zero-order chi connectivity index (χ0) is 26.6. The lowest BCUT2D eigenvalue weighted by molar-refractivity contribution is -0.286. The minimum absolute atomic E-state index is 0.0951. The number of aromatic nitrogens is 1. The van der Waals surface area contributed by atoms with Crippen LogP contribution in [0.5, 0.6) is 11.5 Å². The van der Waals surface area contributed by atoms with E-state index in [2.05, 4.69) is 19.8 Å². The summed E-state index contributed by atoms with van der Waals surface area (Å²) in [5, 5.41) is 2.80.